The summed E-state index contributed by atoms with van der Waals surface area (Å²) in [5.41, 5.74) is 3.59. The third-order valence-corrected chi connectivity index (χ3v) is 7.04. The van der Waals surface area contributed by atoms with Crippen molar-refractivity contribution in [2.45, 2.75) is 44.4 Å². The normalized spacial score (nSPS) is 18.5. The average molecular weight is 473 g/mol. The number of nitrogens with one attached hydrogen (secondary N) is 1. The van der Waals surface area contributed by atoms with Crippen LogP contribution in [0.3, 0.4) is 0 Å². The van der Waals surface area contributed by atoms with Gasteiger partial charge in [0.2, 0.25) is 0 Å². The van der Waals surface area contributed by atoms with Crippen molar-refractivity contribution < 1.29 is 9.47 Å². The van der Waals surface area contributed by atoms with E-state index in [1.165, 1.54) is 5.56 Å². The Hall–Kier alpha value is -3.72. The van der Waals surface area contributed by atoms with Crippen molar-refractivity contribution in [3.8, 4) is 5.75 Å². The van der Waals surface area contributed by atoms with E-state index in [-0.39, 0.29) is 11.7 Å². The molecule has 9 heteroatoms. The number of hydrogen-bond donors (Lipinski definition) is 1. The van der Waals surface area contributed by atoms with Crippen molar-refractivity contribution in [2.24, 2.45) is 0 Å². The minimum atomic E-state index is -0.452. The Labute approximate surface area is 202 Å². The Morgan fingerprint density at radius 2 is 2.11 bits per heavy atom. The van der Waals surface area contributed by atoms with Gasteiger partial charge in [-0.05, 0) is 72.0 Å². The van der Waals surface area contributed by atoms with Crippen LogP contribution >= 0.6 is 0 Å². The maximum absolute atomic E-state index is 13.5. The summed E-state index contributed by atoms with van der Waals surface area (Å²) >= 11 is 0. The largest absolute Gasteiger partial charge is 0.497 e. The summed E-state index contributed by atoms with van der Waals surface area (Å²) in [6.45, 7) is 2.12. The van der Waals surface area contributed by atoms with Gasteiger partial charge in [0.25, 0.3) is 5.56 Å². The highest BCUT2D eigenvalue weighted by Gasteiger charge is 2.34. The number of benzene rings is 2. The number of H-pyrrole nitrogens is 1. The van der Waals surface area contributed by atoms with Gasteiger partial charge in [0.05, 0.1) is 19.8 Å². The van der Waals surface area contributed by atoms with E-state index in [2.05, 4.69) is 43.6 Å². The van der Waals surface area contributed by atoms with E-state index in [4.69, 9.17) is 9.47 Å². The molecule has 4 heterocycles. The van der Waals surface area contributed by atoms with Crippen molar-refractivity contribution in [2.75, 3.05) is 25.2 Å². The molecule has 1 fully saturated rings. The zero-order valence-electron chi connectivity index (χ0n) is 19.7. The number of aryl methyl sites for hydroxylation is 1. The average Bonchev–Trinajstić information content (AvgIpc) is 3.57. The van der Waals surface area contributed by atoms with Crippen LogP contribution in [0.2, 0.25) is 0 Å². The lowest BCUT2D eigenvalue weighted by Crippen LogP contribution is -2.39. The van der Waals surface area contributed by atoms with Crippen LogP contribution in [0.25, 0.3) is 10.9 Å². The summed E-state index contributed by atoms with van der Waals surface area (Å²) in [5.74, 6) is 1.38. The van der Waals surface area contributed by atoms with Crippen LogP contribution in [0.1, 0.15) is 42.3 Å². The van der Waals surface area contributed by atoms with Crippen molar-refractivity contribution in [3.05, 3.63) is 75.8 Å². The minimum Gasteiger partial charge on any atom is -0.497 e. The molecular weight excluding hydrogens is 444 g/mol. The van der Waals surface area contributed by atoms with E-state index in [1.54, 1.807) is 7.11 Å². The number of para-hydroxylation sites is 1. The number of anilines is 1. The Balaban J connectivity index is 1.52. The number of pyridine rings is 1. The number of rotatable bonds is 6. The molecule has 2 aromatic heterocycles. The van der Waals surface area contributed by atoms with Gasteiger partial charge in [-0.2, -0.15) is 0 Å². The number of hydrogen-bond acceptors (Lipinski definition) is 7. The molecular formula is C26H28N6O3. The number of methoxy groups -OCH3 is 1. The van der Waals surface area contributed by atoms with Gasteiger partial charge in [0.15, 0.2) is 5.82 Å². The third kappa shape index (κ3) is 4.05. The fourth-order valence-electron chi connectivity index (χ4n) is 5.33. The summed E-state index contributed by atoms with van der Waals surface area (Å²) in [6, 6.07) is 15.5. The van der Waals surface area contributed by atoms with E-state index in [0.717, 1.165) is 61.2 Å². The first kappa shape index (κ1) is 21.8. The molecule has 0 saturated carbocycles. The number of ether oxygens (including phenoxy) is 2. The third-order valence-electron chi connectivity index (χ3n) is 7.04. The Morgan fingerprint density at radius 1 is 1.20 bits per heavy atom. The van der Waals surface area contributed by atoms with Crippen LogP contribution in [0, 0.1) is 0 Å². The maximum Gasteiger partial charge on any atom is 0.254 e. The topological polar surface area (TPSA) is 98.2 Å². The molecule has 0 radical (unpaired) electrons. The molecule has 2 aromatic carbocycles. The smallest absolute Gasteiger partial charge is 0.254 e. The van der Waals surface area contributed by atoms with Crippen molar-refractivity contribution in [1.82, 2.24) is 25.2 Å². The van der Waals surface area contributed by atoms with Crippen LogP contribution in [-0.2, 0) is 17.7 Å². The maximum atomic E-state index is 13.5. The first-order valence-electron chi connectivity index (χ1n) is 12.1. The lowest BCUT2D eigenvalue weighted by molar-refractivity contribution is 0.0924. The van der Waals surface area contributed by atoms with Gasteiger partial charge < -0.3 is 19.4 Å². The number of nitrogens with zero attached hydrogens (tertiary/aromatic N) is 5. The second kappa shape index (κ2) is 9.14. The van der Waals surface area contributed by atoms with Crippen LogP contribution < -0.4 is 15.2 Å². The van der Waals surface area contributed by atoms with Crippen LogP contribution in [0.15, 0.2) is 53.3 Å². The van der Waals surface area contributed by atoms with E-state index in [0.29, 0.717) is 17.9 Å². The molecule has 0 aliphatic carbocycles. The molecule has 4 aromatic rings. The van der Waals surface area contributed by atoms with Crippen LogP contribution in [-0.4, -0.2) is 51.6 Å². The summed E-state index contributed by atoms with van der Waals surface area (Å²) in [4.78, 5) is 18.9. The zero-order valence-corrected chi connectivity index (χ0v) is 19.7. The molecule has 2 aliphatic rings. The highest BCUT2D eigenvalue weighted by atomic mass is 16.5. The van der Waals surface area contributed by atoms with E-state index in [9.17, 15) is 4.79 Å². The van der Waals surface area contributed by atoms with Crippen molar-refractivity contribution >= 4 is 16.6 Å². The molecule has 2 aliphatic heterocycles. The molecule has 0 spiro atoms. The second-order valence-electron chi connectivity index (χ2n) is 9.19. The fraction of sp³-hybridized carbons (Fsp3) is 0.385. The Bertz CT molecular complexity index is 1410. The molecule has 6 rings (SSSR count). The van der Waals surface area contributed by atoms with Crippen molar-refractivity contribution in [3.63, 3.8) is 0 Å². The van der Waals surface area contributed by atoms with Gasteiger partial charge in [0, 0.05) is 35.3 Å². The van der Waals surface area contributed by atoms with Gasteiger partial charge in [-0.3, -0.25) is 4.79 Å². The van der Waals surface area contributed by atoms with E-state index < -0.39 is 6.04 Å². The summed E-state index contributed by atoms with van der Waals surface area (Å²) < 4.78 is 13.1. The number of aromatic nitrogens is 5. The first-order valence-corrected chi connectivity index (χ1v) is 12.1. The summed E-state index contributed by atoms with van der Waals surface area (Å²) in [5, 5.41) is 13.7. The molecule has 1 N–H and O–H groups in total. The van der Waals surface area contributed by atoms with Crippen LogP contribution in [0.4, 0.5) is 5.69 Å². The lowest BCUT2D eigenvalue weighted by Gasteiger charge is -2.37. The Kier molecular flexibility index (Phi) is 5.69. The molecule has 0 bridgehead atoms. The van der Waals surface area contributed by atoms with Gasteiger partial charge in [-0.1, -0.05) is 18.2 Å². The molecule has 2 atom stereocenters. The molecule has 180 valence electrons. The van der Waals surface area contributed by atoms with Gasteiger partial charge >= 0.3 is 0 Å². The molecule has 1 saturated heterocycles. The summed E-state index contributed by atoms with van der Waals surface area (Å²) in [7, 11) is 1.64. The lowest BCUT2D eigenvalue weighted by atomic mass is 9.96. The molecule has 35 heavy (non-hydrogen) atoms. The number of fused-ring (bicyclic) bond motifs is 2. The molecule has 0 amide bonds. The van der Waals surface area contributed by atoms with Crippen LogP contribution in [0.5, 0.6) is 5.75 Å². The monoisotopic (exact) mass is 472 g/mol. The predicted molar refractivity (Wildman–Crippen MR) is 132 cm³/mol. The Morgan fingerprint density at radius 3 is 2.97 bits per heavy atom. The second-order valence-corrected chi connectivity index (χ2v) is 9.19. The molecule has 9 nitrogen and oxygen atoms in total. The van der Waals surface area contributed by atoms with Gasteiger partial charge in [0.1, 0.15) is 11.8 Å². The first-order chi connectivity index (χ1) is 17.2. The summed E-state index contributed by atoms with van der Waals surface area (Å²) in [6.07, 6.45) is 4.08. The van der Waals surface area contributed by atoms with Crippen molar-refractivity contribution in [1.29, 1.82) is 0 Å². The van der Waals surface area contributed by atoms with E-state index >= 15 is 0 Å². The van der Waals surface area contributed by atoms with E-state index in [1.807, 2.05) is 35.0 Å². The standard InChI is InChI=1S/C26H28N6O3/c1-34-19-10-11-22-18(14-19)15-21(26(33)27-22)24(31-12-4-7-17-6-2-3-9-23(17)31)25-28-29-30-32(25)16-20-8-5-13-35-20/h2-3,6,9-11,14-15,20,24H,4-5,7-8,12-13,16H2,1H3,(H,27,33)/t20-,24-/m0/s1. The highest BCUT2D eigenvalue weighted by Crippen LogP contribution is 2.37. The number of tetrazole rings is 1. The number of aromatic amines is 1. The predicted octanol–water partition coefficient (Wildman–Crippen LogP) is 3.24. The fourth-order valence-corrected chi connectivity index (χ4v) is 5.33. The van der Waals surface area contributed by atoms with Gasteiger partial charge in [-0.15, -0.1) is 5.10 Å². The van der Waals surface area contributed by atoms with Gasteiger partial charge in [-0.25, -0.2) is 4.68 Å². The minimum absolute atomic E-state index is 0.0747. The SMILES string of the molecule is COc1ccc2[nH]c(=O)c([C@@H](c3nnnn3C[C@@H]3CCCO3)N3CCCc4ccccc43)cc2c1. The molecule has 0 unspecified atom stereocenters. The zero-order chi connectivity index (χ0) is 23.8. The highest BCUT2D eigenvalue weighted by molar-refractivity contribution is 5.81. The quantitative estimate of drug-likeness (QED) is 0.460.